The largest absolute Gasteiger partial charge is 0.457 e. The van der Waals surface area contributed by atoms with Crippen LogP contribution in [0.4, 0.5) is 5.13 Å². The highest BCUT2D eigenvalue weighted by molar-refractivity contribution is 7.89. The fraction of sp³-hybridized carbons (Fsp3) is 0.375. The molecule has 1 saturated heterocycles. The van der Waals surface area contributed by atoms with E-state index in [2.05, 4.69) is 15.4 Å². The predicted molar refractivity (Wildman–Crippen MR) is 139 cm³/mol. The van der Waals surface area contributed by atoms with Crippen molar-refractivity contribution in [3.05, 3.63) is 48.9 Å². The summed E-state index contributed by atoms with van der Waals surface area (Å²) >= 11 is 1.54. The zero-order valence-electron chi connectivity index (χ0n) is 19.7. The summed E-state index contributed by atoms with van der Waals surface area (Å²) < 4.78 is 35.1. The van der Waals surface area contributed by atoms with E-state index < -0.39 is 10.0 Å². The summed E-state index contributed by atoms with van der Waals surface area (Å²) in [5, 5.41) is 8.55. The summed E-state index contributed by atoms with van der Waals surface area (Å²) in [5.41, 5.74) is 2.62. The predicted octanol–water partition coefficient (Wildman–Crippen LogP) is 4.59. The molecule has 1 N–H and O–H groups in total. The molecule has 0 saturated carbocycles. The van der Waals surface area contributed by atoms with Crippen molar-refractivity contribution in [2.75, 3.05) is 24.2 Å². The quantitative estimate of drug-likeness (QED) is 0.368. The van der Waals surface area contributed by atoms with E-state index in [9.17, 15) is 8.42 Å². The molecule has 11 heteroatoms. The van der Waals surface area contributed by atoms with Gasteiger partial charge in [-0.15, -0.1) is 0 Å². The van der Waals surface area contributed by atoms with E-state index in [1.807, 2.05) is 48.1 Å². The van der Waals surface area contributed by atoms with Crippen LogP contribution in [-0.4, -0.2) is 57.4 Å². The van der Waals surface area contributed by atoms with Crippen molar-refractivity contribution in [1.82, 2.24) is 24.1 Å². The van der Waals surface area contributed by atoms with E-state index in [-0.39, 0.29) is 11.8 Å². The molecule has 3 aromatic heterocycles. The van der Waals surface area contributed by atoms with Gasteiger partial charge in [0.15, 0.2) is 5.13 Å². The molecule has 1 atom stereocenters. The third-order valence-electron chi connectivity index (χ3n) is 6.05. The highest BCUT2D eigenvalue weighted by Gasteiger charge is 2.28. The van der Waals surface area contributed by atoms with Crippen LogP contribution in [0.5, 0.6) is 11.5 Å². The van der Waals surface area contributed by atoms with E-state index in [4.69, 9.17) is 9.72 Å². The Morgan fingerprint density at radius 1 is 1.20 bits per heavy atom. The first-order chi connectivity index (χ1) is 16.9. The van der Waals surface area contributed by atoms with Crippen molar-refractivity contribution in [2.24, 2.45) is 0 Å². The summed E-state index contributed by atoms with van der Waals surface area (Å²) in [6.07, 6.45) is 7.26. The van der Waals surface area contributed by atoms with Crippen LogP contribution in [0.15, 0.2) is 48.9 Å². The maximum absolute atomic E-state index is 12.3. The molecule has 184 valence electrons. The fourth-order valence-corrected chi connectivity index (χ4v) is 6.29. The van der Waals surface area contributed by atoms with E-state index in [1.165, 1.54) is 0 Å². The van der Waals surface area contributed by atoms with Gasteiger partial charge >= 0.3 is 0 Å². The second-order valence-corrected chi connectivity index (χ2v) is 11.7. The van der Waals surface area contributed by atoms with Gasteiger partial charge in [-0.3, -0.25) is 9.67 Å². The zero-order chi connectivity index (χ0) is 24.4. The molecular formula is C24H28N6O3S2. The van der Waals surface area contributed by atoms with Crippen LogP contribution < -0.4 is 10.1 Å². The summed E-state index contributed by atoms with van der Waals surface area (Å²) in [7, 11) is -3.18. The van der Waals surface area contributed by atoms with Gasteiger partial charge in [0.1, 0.15) is 11.5 Å². The number of ether oxygens (including phenoxy) is 1. The first-order valence-electron chi connectivity index (χ1n) is 11.7. The van der Waals surface area contributed by atoms with Gasteiger partial charge in [0.25, 0.3) is 0 Å². The molecule has 4 aromatic rings. The maximum atomic E-state index is 12.3. The Kier molecular flexibility index (Phi) is 6.72. The number of hydrogen-bond acceptors (Lipinski definition) is 8. The molecule has 0 bridgehead atoms. The first-order valence-corrected chi connectivity index (χ1v) is 14.2. The molecule has 1 aliphatic rings. The van der Waals surface area contributed by atoms with Gasteiger partial charge in [-0.2, -0.15) is 9.40 Å². The molecule has 0 unspecified atom stereocenters. The Balaban J connectivity index is 1.29. The average Bonchev–Trinajstić information content (AvgIpc) is 3.51. The molecule has 1 aromatic carbocycles. The van der Waals surface area contributed by atoms with Gasteiger partial charge in [-0.1, -0.05) is 11.3 Å². The molecule has 0 aliphatic carbocycles. The zero-order valence-corrected chi connectivity index (χ0v) is 21.3. The SMILES string of the molecule is CCn1cc(-c2cc(Oc3ccc4nc(N[C@H]5CCCN(S(=O)(=O)CC)C5)sc4c3)ccn2)cn1. The molecule has 1 fully saturated rings. The molecular weight excluding hydrogens is 484 g/mol. The van der Waals surface area contributed by atoms with E-state index >= 15 is 0 Å². The van der Waals surface area contributed by atoms with Crippen LogP contribution in [0.1, 0.15) is 26.7 Å². The van der Waals surface area contributed by atoms with Gasteiger partial charge < -0.3 is 10.1 Å². The molecule has 4 heterocycles. The normalized spacial score (nSPS) is 17.0. The lowest BCUT2D eigenvalue weighted by Gasteiger charge is -2.31. The summed E-state index contributed by atoms with van der Waals surface area (Å²) in [5.74, 6) is 1.54. The number of aromatic nitrogens is 4. The van der Waals surface area contributed by atoms with Crippen molar-refractivity contribution in [2.45, 2.75) is 39.3 Å². The van der Waals surface area contributed by atoms with Crippen molar-refractivity contribution in [3.8, 4) is 22.8 Å². The highest BCUT2D eigenvalue weighted by Crippen LogP contribution is 2.33. The number of benzene rings is 1. The van der Waals surface area contributed by atoms with Crippen LogP contribution in [0.3, 0.4) is 0 Å². The van der Waals surface area contributed by atoms with Crippen molar-refractivity contribution < 1.29 is 13.2 Å². The molecule has 9 nitrogen and oxygen atoms in total. The second-order valence-electron chi connectivity index (χ2n) is 8.45. The smallest absolute Gasteiger partial charge is 0.213 e. The van der Waals surface area contributed by atoms with Crippen LogP contribution in [0.25, 0.3) is 21.5 Å². The number of sulfonamides is 1. The minimum absolute atomic E-state index is 0.0497. The topological polar surface area (TPSA) is 102 Å². The van der Waals surface area contributed by atoms with Crippen LogP contribution in [-0.2, 0) is 16.6 Å². The number of anilines is 1. The van der Waals surface area contributed by atoms with Gasteiger partial charge in [0.05, 0.1) is 27.9 Å². The van der Waals surface area contributed by atoms with Gasteiger partial charge in [-0.05, 0) is 44.9 Å². The number of aryl methyl sites for hydroxylation is 1. The molecule has 0 amide bonds. The minimum Gasteiger partial charge on any atom is -0.457 e. The van der Waals surface area contributed by atoms with Crippen LogP contribution in [0, 0.1) is 0 Å². The summed E-state index contributed by atoms with van der Waals surface area (Å²) in [4.78, 5) is 9.13. The number of thiazole rings is 1. The number of pyridine rings is 1. The Morgan fingerprint density at radius 3 is 2.86 bits per heavy atom. The maximum Gasteiger partial charge on any atom is 0.213 e. The lowest BCUT2D eigenvalue weighted by molar-refractivity contribution is 0.327. The van der Waals surface area contributed by atoms with E-state index in [0.29, 0.717) is 24.6 Å². The number of nitrogens with one attached hydrogen (secondary N) is 1. The highest BCUT2D eigenvalue weighted by atomic mass is 32.2. The Bertz CT molecular complexity index is 1430. The number of piperidine rings is 1. The molecule has 0 spiro atoms. The van der Waals surface area contributed by atoms with E-state index in [0.717, 1.165) is 46.0 Å². The average molecular weight is 513 g/mol. The Hall–Kier alpha value is -3.02. The summed E-state index contributed by atoms with van der Waals surface area (Å²) in [6, 6.07) is 9.60. The lowest BCUT2D eigenvalue weighted by Crippen LogP contribution is -2.45. The monoisotopic (exact) mass is 512 g/mol. The minimum atomic E-state index is -3.18. The molecule has 1 aliphatic heterocycles. The number of nitrogens with zero attached hydrogens (tertiary/aromatic N) is 5. The number of hydrogen-bond donors (Lipinski definition) is 1. The van der Waals surface area contributed by atoms with Gasteiger partial charge in [-0.25, -0.2) is 13.4 Å². The van der Waals surface area contributed by atoms with Crippen molar-refractivity contribution in [3.63, 3.8) is 0 Å². The third kappa shape index (κ3) is 5.31. The molecule has 35 heavy (non-hydrogen) atoms. The molecule has 5 rings (SSSR count). The van der Waals surface area contributed by atoms with Crippen LogP contribution in [0.2, 0.25) is 0 Å². The lowest BCUT2D eigenvalue weighted by atomic mass is 10.1. The molecule has 0 radical (unpaired) electrons. The van der Waals surface area contributed by atoms with Gasteiger partial charge in [0, 0.05) is 55.8 Å². The van der Waals surface area contributed by atoms with Crippen molar-refractivity contribution >= 4 is 36.7 Å². The fourth-order valence-electron chi connectivity index (χ4n) is 4.14. The van der Waals surface area contributed by atoms with Gasteiger partial charge in [0.2, 0.25) is 10.0 Å². The number of fused-ring (bicyclic) bond motifs is 1. The third-order valence-corrected chi connectivity index (χ3v) is 8.85. The van der Waals surface area contributed by atoms with E-state index in [1.54, 1.807) is 35.0 Å². The first kappa shape index (κ1) is 23.7. The van der Waals surface area contributed by atoms with Crippen molar-refractivity contribution in [1.29, 1.82) is 0 Å². The Labute approximate surface area is 208 Å². The number of rotatable bonds is 8. The Morgan fingerprint density at radius 2 is 2.06 bits per heavy atom. The summed E-state index contributed by atoms with van der Waals surface area (Å²) in [6.45, 7) is 5.60. The standard InChI is InChI=1S/C24H28N6O3S2/c1-3-29-15-17(14-26-29)22-12-20(9-10-25-22)33-19-7-8-21-23(13-19)34-24(28-21)27-18-6-5-11-30(16-18)35(31,32)4-2/h7-10,12-15,18H,3-6,11,16H2,1-2H3,(H,27,28)/t18-/m0/s1. The van der Waals surface area contributed by atoms with Crippen LogP contribution >= 0.6 is 11.3 Å². The second kappa shape index (κ2) is 9.92.